The van der Waals surface area contributed by atoms with E-state index in [-0.39, 0.29) is 0 Å². The van der Waals surface area contributed by atoms with Gasteiger partial charge in [0.15, 0.2) is 0 Å². The molecule has 2 rings (SSSR count). The minimum atomic E-state index is 0.770. The Kier molecular flexibility index (Phi) is 2.43. The Bertz CT molecular complexity index is 504. The summed E-state index contributed by atoms with van der Waals surface area (Å²) in [6.07, 6.45) is 5.35. The molecule has 2 aromatic rings. The van der Waals surface area contributed by atoms with Crippen LogP contribution in [0.3, 0.4) is 0 Å². The van der Waals surface area contributed by atoms with Crippen LogP contribution in [0.1, 0.15) is 5.56 Å². The molecule has 15 heavy (non-hydrogen) atoms. The lowest BCUT2D eigenvalue weighted by Crippen LogP contribution is -1.84. The first-order valence-electron chi connectivity index (χ1n) is 4.72. The maximum Gasteiger partial charge on any atom is 0.0314 e. The quantitative estimate of drug-likeness (QED) is 0.547. The fraction of sp³-hybridized carbons (Fsp3) is 0. The van der Waals surface area contributed by atoms with Crippen LogP contribution in [0.4, 0.5) is 5.69 Å². The third-order valence-corrected chi connectivity index (χ3v) is 2.27. The molecule has 2 N–H and O–H groups in total. The van der Waals surface area contributed by atoms with Crippen molar-refractivity contribution in [3.63, 3.8) is 0 Å². The van der Waals surface area contributed by atoms with Crippen molar-refractivity contribution in [1.82, 2.24) is 0 Å². The van der Waals surface area contributed by atoms with E-state index in [1.54, 1.807) is 0 Å². The first-order valence-corrected chi connectivity index (χ1v) is 4.72. The molecule has 0 spiro atoms. The van der Waals surface area contributed by atoms with Crippen molar-refractivity contribution in [2.24, 2.45) is 0 Å². The molecule has 0 bridgehead atoms. The fourth-order valence-electron chi connectivity index (χ4n) is 1.46. The highest BCUT2D eigenvalue weighted by Gasteiger charge is 1.97. The Morgan fingerprint density at radius 2 is 1.67 bits per heavy atom. The van der Waals surface area contributed by atoms with Crippen LogP contribution in [0, 0.1) is 12.3 Å². The van der Waals surface area contributed by atoms with Gasteiger partial charge in [-0.1, -0.05) is 30.2 Å². The summed E-state index contributed by atoms with van der Waals surface area (Å²) in [7, 11) is 0. The van der Waals surface area contributed by atoms with Crippen molar-refractivity contribution in [3.8, 4) is 23.5 Å². The second-order valence-corrected chi connectivity index (χ2v) is 3.35. The topological polar surface area (TPSA) is 26.0 Å². The van der Waals surface area contributed by atoms with Crippen molar-refractivity contribution >= 4 is 5.69 Å². The van der Waals surface area contributed by atoms with Gasteiger partial charge in [-0.2, -0.15) is 0 Å². The van der Waals surface area contributed by atoms with Gasteiger partial charge in [0.2, 0.25) is 0 Å². The molecule has 2 aromatic carbocycles. The lowest BCUT2D eigenvalue weighted by molar-refractivity contribution is 1.59. The number of nitrogen functional groups attached to an aromatic ring is 1. The SMILES string of the molecule is C#Cc1cccc(-c2ccc(N)cc2)c1. The van der Waals surface area contributed by atoms with E-state index in [1.165, 1.54) is 0 Å². The molecular weight excluding hydrogens is 182 g/mol. The van der Waals surface area contributed by atoms with Gasteiger partial charge in [0.1, 0.15) is 0 Å². The Morgan fingerprint density at radius 1 is 0.933 bits per heavy atom. The second kappa shape index (κ2) is 3.89. The maximum atomic E-state index is 5.63. The molecule has 0 saturated carbocycles. The molecule has 0 heterocycles. The smallest absolute Gasteiger partial charge is 0.0314 e. The fourth-order valence-corrected chi connectivity index (χ4v) is 1.46. The molecule has 0 saturated heterocycles. The van der Waals surface area contributed by atoms with Crippen LogP contribution in [-0.2, 0) is 0 Å². The summed E-state index contributed by atoms with van der Waals surface area (Å²) < 4.78 is 0. The predicted octanol–water partition coefficient (Wildman–Crippen LogP) is 2.92. The van der Waals surface area contributed by atoms with Crippen LogP contribution in [-0.4, -0.2) is 0 Å². The molecule has 0 atom stereocenters. The Hall–Kier alpha value is -2.20. The van der Waals surface area contributed by atoms with E-state index in [1.807, 2.05) is 48.5 Å². The third-order valence-electron chi connectivity index (χ3n) is 2.27. The predicted molar refractivity (Wildman–Crippen MR) is 64.2 cm³/mol. The number of hydrogen-bond donors (Lipinski definition) is 1. The third kappa shape index (κ3) is 2.00. The molecule has 0 aromatic heterocycles. The average molecular weight is 193 g/mol. The maximum absolute atomic E-state index is 5.63. The van der Waals surface area contributed by atoms with E-state index in [0.717, 1.165) is 22.4 Å². The summed E-state index contributed by atoms with van der Waals surface area (Å²) in [5.74, 6) is 2.62. The van der Waals surface area contributed by atoms with Crippen LogP contribution in [0.2, 0.25) is 0 Å². The summed E-state index contributed by atoms with van der Waals surface area (Å²) in [5, 5.41) is 0. The largest absolute Gasteiger partial charge is 0.399 e. The molecule has 0 aliphatic heterocycles. The molecule has 1 heteroatoms. The Morgan fingerprint density at radius 3 is 2.33 bits per heavy atom. The minimum Gasteiger partial charge on any atom is -0.399 e. The van der Waals surface area contributed by atoms with Gasteiger partial charge in [-0.15, -0.1) is 6.42 Å². The molecule has 0 amide bonds. The standard InChI is InChI=1S/C14H11N/c1-2-11-4-3-5-13(10-11)12-6-8-14(15)9-7-12/h1,3-10H,15H2. The number of benzene rings is 2. The van der Waals surface area contributed by atoms with Gasteiger partial charge in [0, 0.05) is 11.3 Å². The second-order valence-electron chi connectivity index (χ2n) is 3.35. The zero-order valence-corrected chi connectivity index (χ0v) is 8.27. The lowest BCUT2D eigenvalue weighted by atomic mass is 10.0. The van der Waals surface area contributed by atoms with E-state index in [0.29, 0.717) is 0 Å². The number of hydrogen-bond acceptors (Lipinski definition) is 1. The van der Waals surface area contributed by atoms with Crippen LogP contribution < -0.4 is 5.73 Å². The molecular formula is C14H11N. The van der Waals surface area contributed by atoms with Gasteiger partial charge in [-0.25, -0.2) is 0 Å². The van der Waals surface area contributed by atoms with Gasteiger partial charge >= 0.3 is 0 Å². The highest BCUT2D eigenvalue weighted by atomic mass is 14.5. The van der Waals surface area contributed by atoms with Crippen molar-refractivity contribution in [2.45, 2.75) is 0 Å². The van der Waals surface area contributed by atoms with Crippen LogP contribution in [0.15, 0.2) is 48.5 Å². The van der Waals surface area contributed by atoms with Gasteiger partial charge in [-0.05, 0) is 35.4 Å². The van der Waals surface area contributed by atoms with Crippen molar-refractivity contribution in [3.05, 3.63) is 54.1 Å². The van der Waals surface area contributed by atoms with Crippen LogP contribution in [0.5, 0.6) is 0 Å². The van der Waals surface area contributed by atoms with Gasteiger partial charge in [0.05, 0.1) is 0 Å². The summed E-state index contributed by atoms with van der Waals surface area (Å²) in [6, 6.07) is 15.7. The highest BCUT2D eigenvalue weighted by Crippen LogP contribution is 2.21. The first-order chi connectivity index (χ1) is 7.29. The number of nitrogens with two attached hydrogens (primary N) is 1. The Balaban J connectivity index is 2.46. The molecule has 0 aliphatic rings. The van der Waals surface area contributed by atoms with E-state index >= 15 is 0 Å². The van der Waals surface area contributed by atoms with Crippen molar-refractivity contribution in [1.29, 1.82) is 0 Å². The van der Waals surface area contributed by atoms with Crippen molar-refractivity contribution in [2.75, 3.05) is 5.73 Å². The zero-order valence-electron chi connectivity index (χ0n) is 8.27. The molecule has 1 nitrogen and oxygen atoms in total. The first kappa shape index (κ1) is 9.36. The molecule has 0 fully saturated rings. The summed E-state index contributed by atoms with van der Waals surface area (Å²) in [4.78, 5) is 0. The highest BCUT2D eigenvalue weighted by molar-refractivity contribution is 5.67. The van der Waals surface area contributed by atoms with Gasteiger partial charge in [0.25, 0.3) is 0 Å². The lowest BCUT2D eigenvalue weighted by Gasteiger charge is -2.02. The van der Waals surface area contributed by atoms with E-state index in [4.69, 9.17) is 12.2 Å². The summed E-state index contributed by atoms with van der Waals surface area (Å²) >= 11 is 0. The average Bonchev–Trinajstić information content (AvgIpc) is 2.30. The molecule has 0 aliphatic carbocycles. The van der Waals surface area contributed by atoms with Gasteiger partial charge in [-0.3, -0.25) is 0 Å². The number of anilines is 1. The van der Waals surface area contributed by atoms with E-state index in [9.17, 15) is 0 Å². The zero-order chi connectivity index (χ0) is 10.7. The molecule has 0 unspecified atom stereocenters. The summed E-state index contributed by atoms with van der Waals surface area (Å²) in [6.45, 7) is 0. The molecule has 72 valence electrons. The van der Waals surface area contributed by atoms with Gasteiger partial charge < -0.3 is 5.73 Å². The monoisotopic (exact) mass is 193 g/mol. The minimum absolute atomic E-state index is 0.770. The number of terminal acetylenes is 1. The van der Waals surface area contributed by atoms with Crippen LogP contribution >= 0.6 is 0 Å². The summed E-state index contributed by atoms with van der Waals surface area (Å²) in [5.41, 5.74) is 9.53. The Labute approximate surface area is 89.6 Å². The normalized spacial score (nSPS) is 9.53. The van der Waals surface area contributed by atoms with E-state index < -0.39 is 0 Å². The molecule has 0 radical (unpaired) electrons. The van der Waals surface area contributed by atoms with Crippen molar-refractivity contribution < 1.29 is 0 Å². The van der Waals surface area contributed by atoms with Crippen LogP contribution in [0.25, 0.3) is 11.1 Å². The number of rotatable bonds is 1. The van der Waals surface area contributed by atoms with E-state index in [2.05, 4.69) is 5.92 Å².